The lowest BCUT2D eigenvalue weighted by Crippen LogP contribution is -2.23. The lowest BCUT2D eigenvalue weighted by atomic mass is 10.2. The summed E-state index contributed by atoms with van der Waals surface area (Å²) in [4.78, 5) is 10.8. The Hall–Kier alpha value is -1.36. The molecule has 2 N–H and O–H groups in total. The zero-order valence-electron chi connectivity index (χ0n) is 12.0. The molecule has 0 unspecified atom stereocenters. The molecule has 1 aromatic heterocycles. The van der Waals surface area contributed by atoms with Gasteiger partial charge < -0.3 is 15.5 Å². The van der Waals surface area contributed by atoms with Gasteiger partial charge in [0, 0.05) is 25.7 Å². The molecule has 0 atom stereocenters. The van der Waals surface area contributed by atoms with Crippen molar-refractivity contribution in [1.82, 2.24) is 15.3 Å². The van der Waals surface area contributed by atoms with Crippen molar-refractivity contribution in [1.29, 1.82) is 0 Å². The van der Waals surface area contributed by atoms with Gasteiger partial charge in [0.05, 0.1) is 0 Å². The molecule has 1 aliphatic rings. The first-order chi connectivity index (χ1) is 9.29. The van der Waals surface area contributed by atoms with Crippen LogP contribution in [0.1, 0.15) is 32.1 Å². The quantitative estimate of drug-likeness (QED) is 0.736. The number of anilines is 2. The van der Waals surface area contributed by atoms with E-state index in [0.29, 0.717) is 6.04 Å². The minimum Gasteiger partial charge on any atom is -0.367 e. The second kappa shape index (κ2) is 7.28. The van der Waals surface area contributed by atoms with Crippen LogP contribution in [0.2, 0.25) is 0 Å². The van der Waals surface area contributed by atoms with Gasteiger partial charge in [0.15, 0.2) is 0 Å². The monoisotopic (exact) mass is 263 g/mol. The Labute approximate surface area is 115 Å². The van der Waals surface area contributed by atoms with Gasteiger partial charge in [0.2, 0.25) is 0 Å². The number of rotatable bonds is 7. The molecule has 0 radical (unpaired) electrons. The Morgan fingerprint density at radius 1 is 1.32 bits per heavy atom. The van der Waals surface area contributed by atoms with Crippen molar-refractivity contribution in [3.63, 3.8) is 0 Å². The van der Waals surface area contributed by atoms with Gasteiger partial charge in [-0.25, -0.2) is 9.97 Å². The van der Waals surface area contributed by atoms with Gasteiger partial charge in [-0.1, -0.05) is 12.8 Å². The van der Waals surface area contributed by atoms with Crippen LogP contribution in [0.4, 0.5) is 11.6 Å². The summed E-state index contributed by atoms with van der Waals surface area (Å²) in [5.41, 5.74) is 0. The van der Waals surface area contributed by atoms with Crippen molar-refractivity contribution in [2.24, 2.45) is 0 Å². The molecule has 1 aromatic rings. The van der Waals surface area contributed by atoms with Crippen LogP contribution in [0.25, 0.3) is 0 Å². The minimum atomic E-state index is 0.595. The molecule has 1 saturated carbocycles. The molecule has 2 rings (SSSR count). The fourth-order valence-corrected chi connectivity index (χ4v) is 2.52. The van der Waals surface area contributed by atoms with Gasteiger partial charge in [-0.05, 0) is 32.9 Å². The average molecular weight is 263 g/mol. The Bertz CT molecular complexity index is 376. The Morgan fingerprint density at radius 2 is 2.11 bits per heavy atom. The minimum absolute atomic E-state index is 0.595. The van der Waals surface area contributed by atoms with Crippen LogP contribution in [0.3, 0.4) is 0 Å². The lowest BCUT2D eigenvalue weighted by molar-refractivity contribution is 0.708. The first-order valence-corrected chi connectivity index (χ1v) is 7.24. The summed E-state index contributed by atoms with van der Waals surface area (Å²) in [5, 5.41) is 6.68. The second-order valence-corrected chi connectivity index (χ2v) is 5.27. The number of aromatic nitrogens is 2. The van der Waals surface area contributed by atoms with Gasteiger partial charge in [0.1, 0.15) is 18.0 Å². The van der Waals surface area contributed by atoms with Crippen molar-refractivity contribution in [3.8, 4) is 0 Å². The highest BCUT2D eigenvalue weighted by Gasteiger charge is 2.15. The number of hydrogen-bond acceptors (Lipinski definition) is 5. The molecule has 106 valence electrons. The zero-order valence-corrected chi connectivity index (χ0v) is 12.0. The van der Waals surface area contributed by atoms with Gasteiger partial charge in [-0.2, -0.15) is 0 Å². The van der Waals surface area contributed by atoms with Gasteiger partial charge in [0.25, 0.3) is 0 Å². The van der Waals surface area contributed by atoms with Crippen LogP contribution in [0, 0.1) is 0 Å². The lowest BCUT2D eigenvalue weighted by Gasteiger charge is -2.19. The molecule has 0 saturated heterocycles. The van der Waals surface area contributed by atoms with Crippen LogP contribution < -0.4 is 15.5 Å². The number of hydrogen-bond donors (Lipinski definition) is 2. The highest BCUT2D eigenvalue weighted by atomic mass is 15.2. The van der Waals surface area contributed by atoms with Crippen LogP contribution in [0.5, 0.6) is 0 Å². The molecule has 0 amide bonds. The van der Waals surface area contributed by atoms with Crippen molar-refractivity contribution in [2.75, 3.05) is 37.4 Å². The first-order valence-electron chi connectivity index (χ1n) is 7.24. The number of nitrogens with one attached hydrogen (secondary N) is 2. The fraction of sp³-hybridized carbons (Fsp3) is 0.714. The summed E-state index contributed by atoms with van der Waals surface area (Å²) in [6, 6.07) is 2.65. The predicted octanol–water partition coefficient (Wildman–Crippen LogP) is 1.88. The van der Waals surface area contributed by atoms with Crippen molar-refractivity contribution in [3.05, 3.63) is 12.4 Å². The van der Waals surface area contributed by atoms with Crippen LogP contribution in [-0.2, 0) is 0 Å². The molecule has 1 aliphatic carbocycles. The molecule has 0 aliphatic heterocycles. The Kier molecular flexibility index (Phi) is 5.39. The smallest absolute Gasteiger partial charge is 0.133 e. The molecular weight excluding hydrogens is 238 g/mol. The maximum absolute atomic E-state index is 4.35. The van der Waals surface area contributed by atoms with Crippen molar-refractivity contribution in [2.45, 2.75) is 38.1 Å². The molecule has 0 aromatic carbocycles. The second-order valence-electron chi connectivity index (χ2n) is 5.27. The van der Waals surface area contributed by atoms with E-state index in [1.54, 1.807) is 6.33 Å². The van der Waals surface area contributed by atoms with Gasteiger partial charge in [-0.15, -0.1) is 0 Å². The van der Waals surface area contributed by atoms with E-state index in [1.807, 2.05) is 7.05 Å². The van der Waals surface area contributed by atoms with Crippen molar-refractivity contribution < 1.29 is 0 Å². The maximum Gasteiger partial charge on any atom is 0.133 e. The molecule has 1 heterocycles. The largest absolute Gasteiger partial charge is 0.367 e. The SMILES string of the molecule is CNCCCN(C)c1cc(NC2CCCC2)ncn1. The Balaban J connectivity index is 1.89. The predicted molar refractivity (Wildman–Crippen MR) is 79.7 cm³/mol. The normalized spacial score (nSPS) is 15.7. The van der Waals surface area contributed by atoms with E-state index in [4.69, 9.17) is 0 Å². The van der Waals surface area contributed by atoms with E-state index < -0.39 is 0 Å². The third-order valence-electron chi connectivity index (χ3n) is 3.67. The summed E-state index contributed by atoms with van der Waals surface area (Å²) in [6.45, 7) is 2.03. The standard InChI is InChI=1S/C14H25N5/c1-15-8-5-9-19(2)14-10-13(16-11-17-14)18-12-6-3-4-7-12/h10-12,15H,3-9H2,1-2H3,(H,16,17,18). The highest BCUT2D eigenvalue weighted by Crippen LogP contribution is 2.22. The van der Waals surface area contributed by atoms with Crippen LogP contribution in [-0.4, -0.2) is 43.2 Å². The maximum atomic E-state index is 4.35. The summed E-state index contributed by atoms with van der Waals surface area (Å²) in [5.74, 6) is 1.95. The summed E-state index contributed by atoms with van der Waals surface area (Å²) < 4.78 is 0. The van der Waals surface area contributed by atoms with Gasteiger partial charge >= 0.3 is 0 Å². The average Bonchev–Trinajstić information content (AvgIpc) is 2.92. The third-order valence-corrected chi connectivity index (χ3v) is 3.67. The number of nitrogens with zero attached hydrogens (tertiary/aromatic N) is 3. The summed E-state index contributed by atoms with van der Waals surface area (Å²) >= 11 is 0. The van der Waals surface area contributed by atoms with E-state index >= 15 is 0 Å². The van der Waals surface area contributed by atoms with Crippen LogP contribution >= 0.6 is 0 Å². The highest BCUT2D eigenvalue weighted by molar-refractivity contribution is 5.48. The van der Waals surface area contributed by atoms with Crippen molar-refractivity contribution >= 4 is 11.6 Å². The van der Waals surface area contributed by atoms with E-state index in [-0.39, 0.29) is 0 Å². The first kappa shape index (κ1) is 14.1. The molecule has 0 bridgehead atoms. The zero-order chi connectivity index (χ0) is 13.5. The third kappa shape index (κ3) is 4.35. The molecular formula is C14H25N5. The van der Waals surface area contributed by atoms with E-state index in [2.05, 4.69) is 38.6 Å². The summed E-state index contributed by atoms with van der Waals surface area (Å²) in [7, 11) is 4.06. The van der Waals surface area contributed by atoms with E-state index in [0.717, 1.165) is 31.1 Å². The summed E-state index contributed by atoms with van der Waals surface area (Å²) in [6.07, 6.45) is 7.96. The fourth-order valence-electron chi connectivity index (χ4n) is 2.52. The van der Waals surface area contributed by atoms with E-state index in [1.165, 1.54) is 25.7 Å². The molecule has 19 heavy (non-hydrogen) atoms. The molecule has 0 spiro atoms. The topological polar surface area (TPSA) is 53.1 Å². The molecule has 5 nitrogen and oxygen atoms in total. The molecule has 5 heteroatoms. The molecule has 1 fully saturated rings. The van der Waals surface area contributed by atoms with Gasteiger partial charge in [-0.3, -0.25) is 0 Å². The Morgan fingerprint density at radius 3 is 2.84 bits per heavy atom. The van der Waals surface area contributed by atoms with Crippen LogP contribution in [0.15, 0.2) is 12.4 Å². The van der Waals surface area contributed by atoms with E-state index in [9.17, 15) is 0 Å².